The first kappa shape index (κ1) is 12.1. The summed E-state index contributed by atoms with van der Waals surface area (Å²) < 4.78 is 13.5. The van der Waals surface area contributed by atoms with Crippen LogP contribution in [0.3, 0.4) is 0 Å². The fraction of sp³-hybridized carbons (Fsp3) is 0.571. The normalized spacial score (nSPS) is 21.7. The minimum Gasteiger partial charge on any atom is -0.383 e. The molecule has 1 heterocycles. The maximum absolute atomic E-state index is 13.5. The van der Waals surface area contributed by atoms with E-state index in [9.17, 15) is 4.39 Å². The fourth-order valence-corrected chi connectivity index (χ4v) is 3.35. The molecule has 3 rings (SSSR count). The molecule has 1 fully saturated rings. The van der Waals surface area contributed by atoms with Gasteiger partial charge in [-0.15, -0.1) is 0 Å². The van der Waals surface area contributed by atoms with E-state index in [0.29, 0.717) is 0 Å². The number of benzene rings is 1. The molecule has 1 aliphatic carbocycles. The van der Waals surface area contributed by atoms with Crippen LogP contribution in [0.1, 0.15) is 38.5 Å². The second kappa shape index (κ2) is 4.61. The summed E-state index contributed by atoms with van der Waals surface area (Å²) in [7, 11) is 0. The maximum Gasteiger partial charge on any atom is 0.143 e. The number of hydrogen-bond donors (Lipinski definition) is 2. The Balaban J connectivity index is 1.94. The van der Waals surface area contributed by atoms with Gasteiger partial charge in [-0.1, -0.05) is 30.9 Å². The molecule has 1 saturated carbocycles. The van der Waals surface area contributed by atoms with Gasteiger partial charge in [0.2, 0.25) is 0 Å². The standard InChI is InChI=1S/C14H18ClFN2/c15-10-8-13-12(9-11(10)16)17-7-6-14(18-13)4-2-1-3-5-14/h8-9,17-18H,1-7H2. The van der Waals surface area contributed by atoms with Crippen LogP contribution in [0.15, 0.2) is 12.1 Å². The molecule has 0 amide bonds. The van der Waals surface area contributed by atoms with Crippen molar-refractivity contribution in [3.8, 4) is 0 Å². The van der Waals surface area contributed by atoms with Crippen LogP contribution in [0.25, 0.3) is 0 Å². The number of halogens is 2. The molecular weight excluding hydrogens is 251 g/mol. The molecule has 0 saturated heterocycles. The Morgan fingerprint density at radius 3 is 2.61 bits per heavy atom. The van der Waals surface area contributed by atoms with Crippen LogP contribution in [0.5, 0.6) is 0 Å². The Morgan fingerprint density at radius 2 is 1.83 bits per heavy atom. The van der Waals surface area contributed by atoms with Gasteiger partial charge in [0.25, 0.3) is 0 Å². The molecule has 2 nitrogen and oxygen atoms in total. The van der Waals surface area contributed by atoms with Gasteiger partial charge in [-0.05, 0) is 25.3 Å². The molecule has 2 aliphatic rings. The van der Waals surface area contributed by atoms with Crippen molar-refractivity contribution in [2.75, 3.05) is 17.2 Å². The molecule has 1 aliphatic heterocycles. The van der Waals surface area contributed by atoms with Crippen LogP contribution in [-0.2, 0) is 0 Å². The molecule has 1 aromatic rings. The van der Waals surface area contributed by atoms with E-state index in [1.165, 1.54) is 38.2 Å². The zero-order valence-corrected chi connectivity index (χ0v) is 11.1. The van der Waals surface area contributed by atoms with Gasteiger partial charge in [-0.25, -0.2) is 4.39 Å². The first-order valence-corrected chi connectivity index (χ1v) is 7.07. The Hall–Kier alpha value is -0.960. The number of anilines is 2. The molecule has 0 atom stereocenters. The van der Waals surface area contributed by atoms with Crippen LogP contribution < -0.4 is 10.6 Å². The Bertz CT molecular complexity index is 455. The van der Waals surface area contributed by atoms with Gasteiger partial charge in [0.05, 0.1) is 16.4 Å². The van der Waals surface area contributed by atoms with E-state index >= 15 is 0 Å². The Morgan fingerprint density at radius 1 is 1.06 bits per heavy atom. The van der Waals surface area contributed by atoms with Crippen molar-refractivity contribution in [2.45, 2.75) is 44.1 Å². The van der Waals surface area contributed by atoms with E-state index in [-0.39, 0.29) is 16.4 Å². The highest BCUT2D eigenvalue weighted by molar-refractivity contribution is 6.31. The van der Waals surface area contributed by atoms with E-state index in [2.05, 4.69) is 10.6 Å². The molecule has 0 bridgehead atoms. The molecule has 98 valence electrons. The lowest BCUT2D eigenvalue weighted by atomic mass is 9.79. The van der Waals surface area contributed by atoms with Crippen molar-refractivity contribution in [2.24, 2.45) is 0 Å². The lowest BCUT2D eigenvalue weighted by molar-refractivity contribution is 0.313. The van der Waals surface area contributed by atoms with Crippen LogP contribution in [0, 0.1) is 5.82 Å². The largest absolute Gasteiger partial charge is 0.383 e. The molecule has 1 spiro atoms. The van der Waals surface area contributed by atoms with Crippen molar-refractivity contribution in [3.05, 3.63) is 23.0 Å². The van der Waals surface area contributed by atoms with Crippen molar-refractivity contribution in [3.63, 3.8) is 0 Å². The van der Waals surface area contributed by atoms with Crippen molar-refractivity contribution in [1.82, 2.24) is 0 Å². The van der Waals surface area contributed by atoms with Crippen molar-refractivity contribution >= 4 is 23.0 Å². The van der Waals surface area contributed by atoms with Gasteiger partial charge in [0.15, 0.2) is 0 Å². The number of nitrogens with one attached hydrogen (secondary N) is 2. The molecule has 0 aromatic heterocycles. The monoisotopic (exact) mass is 268 g/mol. The molecule has 0 unspecified atom stereocenters. The minimum absolute atomic E-state index is 0.178. The average molecular weight is 269 g/mol. The number of hydrogen-bond acceptors (Lipinski definition) is 2. The molecule has 18 heavy (non-hydrogen) atoms. The first-order valence-electron chi connectivity index (χ1n) is 6.70. The maximum atomic E-state index is 13.5. The summed E-state index contributed by atoms with van der Waals surface area (Å²) >= 11 is 5.88. The summed E-state index contributed by atoms with van der Waals surface area (Å²) in [6.07, 6.45) is 7.36. The summed E-state index contributed by atoms with van der Waals surface area (Å²) in [5.74, 6) is -0.357. The second-order valence-corrected chi connectivity index (χ2v) is 5.86. The third-order valence-electron chi connectivity index (χ3n) is 4.19. The van der Waals surface area contributed by atoms with Gasteiger partial charge >= 0.3 is 0 Å². The van der Waals surface area contributed by atoms with Crippen LogP contribution in [-0.4, -0.2) is 12.1 Å². The van der Waals surface area contributed by atoms with Crippen LogP contribution in [0.4, 0.5) is 15.8 Å². The minimum atomic E-state index is -0.357. The van der Waals surface area contributed by atoms with E-state index in [4.69, 9.17) is 11.6 Å². The highest BCUT2D eigenvalue weighted by atomic mass is 35.5. The molecule has 4 heteroatoms. The molecule has 1 aromatic carbocycles. The summed E-state index contributed by atoms with van der Waals surface area (Å²) in [5.41, 5.74) is 1.96. The zero-order valence-electron chi connectivity index (χ0n) is 10.4. The topological polar surface area (TPSA) is 24.1 Å². The first-order chi connectivity index (χ1) is 8.69. The summed E-state index contributed by atoms with van der Waals surface area (Å²) in [6.45, 7) is 0.890. The predicted octanol–water partition coefficient (Wildman–Crippen LogP) is 4.41. The third-order valence-corrected chi connectivity index (χ3v) is 4.48. The number of fused-ring (bicyclic) bond motifs is 1. The zero-order chi connectivity index (χ0) is 12.6. The van der Waals surface area contributed by atoms with Gasteiger partial charge in [-0.2, -0.15) is 0 Å². The molecule has 2 N–H and O–H groups in total. The second-order valence-electron chi connectivity index (χ2n) is 5.45. The predicted molar refractivity (Wildman–Crippen MR) is 74.0 cm³/mol. The highest BCUT2D eigenvalue weighted by Gasteiger charge is 2.33. The van der Waals surface area contributed by atoms with E-state index in [1.807, 2.05) is 0 Å². The third kappa shape index (κ3) is 2.16. The van der Waals surface area contributed by atoms with Gasteiger partial charge in [-0.3, -0.25) is 0 Å². The quantitative estimate of drug-likeness (QED) is 0.728. The van der Waals surface area contributed by atoms with Crippen LogP contribution in [0.2, 0.25) is 5.02 Å². The molecule has 0 radical (unpaired) electrons. The fourth-order valence-electron chi connectivity index (χ4n) is 3.18. The Kier molecular flexibility index (Phi) is 3.10. The highest BCUT2D eigenvalue weighted by Crippen LogP contribution is 2.40. The summed E-state index contributed by atoms with van der Waals surface area (Å²) in [4.78, 5) is 0. The summed E-state index contributed by atoms with van der Waals surface area (Å²) in [6, 6.07) is 3.20. The van der Waals surface area contributed by atoms with Gasteiger partial charge in [0.1, 0.15) is 5.82 Å². The van der Waals surface area contributed by atoms with Gasteiger partial charge < -0.3 is 10.6 Å². The Labute approximate surface area is 112 Å². The van der Waals surface area contributed by atoms with Crippen molar-refractivity contribution < 1.29 is 4.39 Å². The van der Waals surface area contributed by atoms with Gasteiger partial charge in [0, 0.05) is 18.2 Å². The van der Waals surface area contributed by atoms with E-state index in [1.54, 1.807) is 6.07 Å². The SMILES string of the molecule is Fc1cc2c(cc1Cl)NC1(CCCCC1)CCN2. The van der Waals surface area contributed by atoms with Crippen molar-refractivity contribution in [1.29, 1.82) is 0 Å². The van der Waals surface area contributed by atoms with E-state index in [0.717, 1.165) is 24.3 Å². The summed E-state index contributed by atoms with van der Waals surface area (Å²) in [5, 5.41) is 7.12. The molecular formula is C14H18ClFN2. The lowest BCUT2D eigenvalue weighted by Crippen LogP contribution is -2.40. The number of rotatable bonds is 0. The van der Waals surface area contributed by atoms with E-state index < -0.39 is 0 Å². The van der Waals surface area contributed by atoms with Crippen LogP contribution >= 0.6 is 11.6 Å². The lowest BCUT2D eigenvalue weighted by Gasteiger charge is -2.38. The average Bonchev–Trinajstić information content (AvgIpc) is 2.51. The smallest absolute Gasteiger partial charge is 0.143 e.